The predicted octanol–water partition coefficient (Wildman–Crippen LogP) is 4.27. The third kappa shape index (κ3) is 5.89. The van der Waals surface area contributed by atoms with Crippen molar-refractivity contribution >= 4 is 5.95 Å². The Hall–Kier alpha value is -2.53. The average Bonchev–Trinajstić information content (AvgIpc) is 3.05. The molecule has 3 heterocycles. The molecule has 33 heavy (non-hydrogen) atoms. The maximum Gasteiger partial charge on any atom is 0.433 e. The van der Waals surface area contributed by atoms with Crippen LogP contribution in [0.15, 0.2) is 30.3 Å². The van der Waals surface area contributed by atoms with Crippen LogP contribution in [0.3, 0.4) is 0 Å². The zero-order valence-electron chi connectivity index (χ0n) is 18.1. The Balaban J connectivity index is 1.49. The molecule has 11 heteroatoms. The second-order valence-corrected chi connectivity index (χ2v) is 8.84. The van der Waals surface area contributed by atoms with E-state index in [4.69, 9.17) is 4.74 Å². The molecule has 0 aliphatic carbocycles. The number of aromatic nitrogens is 2. The summed E-state index contributed by atoms with van der Waals surface area (Å²) in [6, 6.07) is 7.60. The summed E-state index contributed by atoms with van der Waals surface area (Å²) in [5, 5.41) is 10.9. The van der Waals surface area contributed by atoms with Gasteiger partial charge in [0.15, 0.2) is 5.69 Å². The first-order valence-electron chi connectivity index (χ1n) is 10.7. The van der Waals surface area contributed by atoms with Crippen molar-refractivity contribution in [3.8, 4) is 11.6 Å². The first-order chi connectivity index (χ1) is 15.4. The first kappa shape index (κ1) is 23.6. The van der Waals surface area contributed by atoms with Gasteiger partial charge in [-0.2, -0.15) is 18.2 Å². The molecule has 2 aliphatic heterocycles. The number of piperidine rings is 1. The highest BCUT2D eigenvalue weighted by Crippen LogP contribution is 2.35. The monoisotopic (exact) mass is 472 g/mol. The highest BCUT2D eigenvalue weighted by Gasteiger charge is 2.43. The number of β-amino-alcohol motifs (C(OH)–C–C–N with tert-alkyl or cyclic N) is 1. The summed E-state index contributed by atoms with van der Waals surface area (Å²) in [7, 11) is 0. The van der Waals surface area contributed by atoms with E-state index in [0.717, 1.165) is 11.6 Å². The highest BCUT2D eigenvalue weighted by atomic mass is 19.4. The molecule has 2 fully saturated rings. The van der Waals surface area contributed by atoms with Gasteiger partial charge in [0.25, 0.3) is 5.92 Å². The van der Waals surface area contributed by atoms with Crippen molar-refractivity contribution in [2.75, 3.05) is 37.6 Å². The molecule has 0 amide bonds. The molecule has 2 saturated heterocycles. The summed E-state index contributed by atoms with van der Waals surface area (Å²) in [5.41, 5.74) is -1.45. The van der Waals surface area contributed by atoms with E-state index >= 15 is 0 Å². The van der Waals surface area contributed by atoms with Crippen molar-refractivity contribution in [2.45, 2.75) is 43.9 Å². The van der Waals surface area contributed by atoms with Gasteiger partial charge in [-0.1, -0.05) is 12.1 Å². The predicted molar refractivity (Wildman–Crippen MR) is 111 cm³/mol. The van der Waals surface area contributed by atoms with Crippen molar-refractivity contribution < 1.29 is 31.8 Å². The summed E-state index contributed by atoms with van der Waals surface area (Å²) in [6.07, 6.45) is -4.54. The van der Waals surface area contributed by atoms with Gasteiger partial charge in [-0.15, -0.1) is 0 Å². The summed E-state index contributed by atoms with van der Waals surface area (Å²) in [4.78, 5) is 10.9. The lowest BCUT2D eigenvalue weighted by atomic mass is 9.91. The minimum absolute atomic E-state index is 0.0988. The number of anilines is 1. The van der Waals surface area contributed by atoms with Gasteiger partial charge in [-0.3, -0.25) is 4.90 Å². The fourth-order valence-electron chi connectivity index (χ4n) is 4.19. The third-order valence-electron chi connectivity index (χ3n) is 5.94. The number of halogens is 5. The van der Waals surface area contributed by atoms with Crippen molar-refractivity contribution in [1.29, 1.82) is 0 Å². The average molecular weight is 472 g/mol. The molecule has 1 aromatic heterocycles. The Labute approximate surface area is 188 Å². The number of alkyl halides is 5. The van der Waals surface area contributed by atoms with E-state index in [1.54, 1.807) is 23.1 Å². The molecule has 0 unspecified atom stereocenters. The number of nitrogens with zero attached hydrogens (tertiary/aromatic N) is 4. The zero-order valence-corrected chi connectivity index (χ0v) is 18.1. The van der Waals surface area contributed by atoms with Gasteiger partial charge in [-0.05, 0) is 37.5 Å². The summed E-state index contributed by atoms with van der Waals surface area (Å²) in [6.45, 7) is 2.11. The van der Waals surface area contributed by atoms with Gasteiger partial charge >= 0.3 is 6.18 Å². The smallest absolute Gasteiger partial charge is 0.433 e. The van der Waals surface area contributed by atoms with E-state index in [2.05, 4.69) is 9.97 Å². The topological polar surface area (TPSA) is 61.7 Å². The number of ether oxygens (including phenoxy) is 1. The lowest BCUT2D eigenvalue weighted by molar-refractivity contribution is -0.141. The van der Waals surface area contributed by atoms with Crippen molar-refractivity contribution in [2.24, 2.45) is 0 Å². The molecule has 6 nitrogen and oxygen atoms in total. The quantitative estimate of drug-likeness (QED) is 0.656. The van der Waals surface area contributed by atoms with Gasteiger partial charge in [-0.25, -0.2) is 13.8 Å². The molecule has 1 N–H and O–H groups in total. The van der Waals surface area contributed by atoms with E-state index in [-0.39, 0.29) is 57.3 Å². The van der Waals surface area contributed by atoms with Gasteiger partial charge < -0.3 is 14.7 Å². The van der Waals surface area contributed by atoms with Crippen molar-refractivity contribution in [3.05, 3.63) is 41.6 Å². The number of likely N-dealkylation sites (tertiary alicyclic amines) is 1. The van der Waals surface area contributed by atoms with Gasteiger partial charge in [0.2, 0.25) is 11.8 Å². The van der Waals surface area contributed by atoms with Crippen LogP contribution >= 0.6 is 0 Å². The molecule has 2 aliphatic rings. The van der Waals surface area contributed by atoms with E-state index in [9.17, 15) is 27.1 Å². The van der Waals surface area contributed by atoms with Gasteiger partial charge in [0.1, 0.15) is 5.75 Å². The molecular weight excluding hydrogens is 447 g/mol. The number of rotatable bonds is 5. The fraction of sp³-hybridized carbons (Fsp3) is 0.545. The molecule has 0 spiro atoms. The molecule has 0 atom stereocenters. The lowest BCUT2D eigenvalue weighted by Gasteiger charge is -2.40. The van der Waals surface area contributed by atoms with Crippen LogP contribution in [0.25, 0.3) is 0 Å². The third-order valence-corrected chi connectivity index (χ3v) is 5.94. The Kier molecular flexibility index (Phi) is 6.21. The van der Waals surface area contributed by atoms with Crippen LogP contribution in [0.5, 0.6) is 11.6 Å². The van der Waals surface area contributed by atoms with E-state index in [1.165, 1.54) is 4.90 Å². The number of aryl methyl sites for hydroxylation is 1. The zero-order chi connectivity index (χ0) is 23.9. The molecule has 0 saturated carbocycles. The second kappa shape index (κ2) is 8.68. The Bertz CT molecular complexity index is 993. The summed E-state index contributed by atoms with van der Waals surface area (Å²) >= 11 is 0. The SMILES string of the molecule is Cc1cccc(Oc2cc(C(F)(F)F)nc(N3CCC(O)(CN4CCC(F)(F)C4)CC3)n2)c1. The fourth-order valence-corrected chi connectivity index (χ4v) is 4.19. The van der Waals surface area contributed by atoms with Crippen molar-refractivity contribution in [1.82, 2.24) is 14.9 Å². The van der Waals surface area contributed by atoms with Crippen LogP contribution in [0.4, 0.5) is 27.9 Å². The molecule has 1 aromatic carbocycles. The Morgan fingerprint density at radius 2 is 1.79 bits per heavy atom. The Morgan fingerprint density at radius 3 is 2.39 bits per heavy atom. The molecular formula is C22H25F5N4O2. The van der Waals surface area contributed by atoms with Crippen LogP contribution < -0.4 is 9.64 Å². The Morgan fingerprint density at radius 1 is 1.06 bits per heavy atom. The highest BCUT2D eigenvalue weighted by molar-refractivity contribution is 5.38. The van der Waals surface area contributed by atoms with E-state index in [0.29, 0.717) is 5.75 Å². The van der Waals surface area contributed by atoms with E-state index < -0.39 is 29.9 Å². The lowest BCUT2D eigenvalue weighted by Crippen LogP contribution is -2.51. The normalized spacial score (nSPS) is 20.8. The van der Waals surface area contributed by atoms with Crippen LogP contribution in [-0.2, 0) is 6.18 Å². The molecule has 0 radical (unpaired) electrons. The van der Waals surface area contributed by atoms with Gasteiger partial charge in [0, 0.05) is 38.7 Å². The van der Waals surface area contributed by atoms with Crippen LogP contribution in [0, 0.1) is 6.92 Å². The summed E-state index contributed by atoms with van der Waals surface area (Å²) in [5.74, 6) is -2.79. The standard InChI is InChI=1S/C22H25F5N4O2/c1-15-3-2-4-16(11-15)33-18-12-17(22(25,26)27)28-19(29-18)31-9-5-20(32,6-10-31)13-30-8-7-21(23,24)14-30/h2-4,11-12,32H,5-10,13-14H2,1H3. The van der Waals surface area contributed by atoms with Gasteiger partial charge in [0.05, 0.1) is 12.1 Å². The maximum atomic E-state index is 13.5. The molecule has 0 bridgehead atoms. The van der Waals surface area contributed by atoms with Crippen molar-refractivity contribution in [3.63, 3.8) is 0 Å². The molecule has 180 valence electrons. The number of hydrogen-bond acceptors (Lipinski definition) is 6. The van der Waals surface area contributed by atoms with E-state index in [1.807, 2.05) is 13.0 Å². The largest absolute Gasteiger partial charge is 0.439 e. The van der Waals surface area contributed by atoms with Crippen LogP contribution in [-0.4, -0.2) is 64.2 Å². The first-order valence-corrected chi connectivity index (χ1v) is 10.7. The number of benzene rings is 1. The molecule has 4 rings (SSSR count). The second-order valence-electron chi connectivity index (χ2n) is 8.84. The molecule has 2 aromatic rings. The summed E-state index contributed by atoms with van der Waals surface area (Å²) < 4.78 is 72.9. The van der Waals surface area contributed by atoms with Crippen LogP contribution in [0.2, 0.25) is 0 Å². The number of aliphatic hydroxyl groups is 1. The maximum absolute atomic E-state index is 13.5. The minimum atomic E-state index is -4.69. The minimum Gasteiger partial charge on any atom is -0.439 e. The number of hydrogen-bond donors (Lipinski definition) is 1. The van der Waals surface area contributed by atoms with Crippen LogP contribution in [0.1, 0.15) is 30.5 Å².